The quantitative estimate of drug-likeness (QED) is 0.812. The van der Waals surface area contributed by atoms with Crippen molar-refractivity contribution in [1.82, 2.24) is 9.47 Å². The Hall–Kier alpha value is -2.07. The molecule has 2 heterocycles. The third kappa shape index (κ3) is 2.66. The molecule has 2 aromatic rings. The highest BCUT2D eigenvalue weighted by Gasteiger charge is 2.24. The van der Waals surface area contributed by atoms with E-state index < -0.39 is 0 Å². The van der Waals surface area contributed by atoms with Crippen LogP contribution in [0.2, 0.25) is 0 Å². The summed E-state index contributed by atoms with van der Waals surface area (Å²) in [4.78, 5) is 14.1. The van der Waals surface area contributed by atoms with Crippen LogP contribution in [-0.2, 0) is 13.1 Å². The Balaban J connectivity index is 1.87. The largest absolute Gasteiger partial charge is 0.496 e. The van der Waals surface area contributed by atoms with E-state index in [1.807, 2.05) is 18.2 Å². The summed E-state index contributed by atoms with van der Waals surface area (Å²) >= 11 is 0. The molecule has 0 aliphatic carbocycles. The molecule has 0 radical (unpaired) electrons. The number of fused-ring (bicyclic) bond motifs is 1. The van der Waals surface area contributed by atoms with Crippen molar-refractivity contribution in [2.45, 2.75) is 33.0 Å². The van der Waals surface area contributed by atoms with Crippen molar-refractivity contribution in [3.8, 4) is 5.75 Å². The lowest BCUT2D eigenvalue weighted by molar-refractivity contribution is 0.101. The van der Waals surface area contributed by atoms with Gasteiger partial charge >= 0.3 is 0 Å². The van der Waals surface area contributed by atoms with Gasteiger partial charge in [0, 0.05) is 48.7 Å². The Morgan fingerprint density at radius 2 is 2.14 bits per heavy atom. The number of Topliss-reactive ketones (excluding diaryl/α,β-unsaturated/α-hetero) is 1. The first-order valence-corrected chi connectivity index (χ1v) is 7.67. The molecule has 3 rings (SSSR count). The van der Waals surface area contributed by atoms with Crippen molar-refractivity contribution in [2.75, 3.05) is 13.7 Å². The van der Waals surface area contributed by atoms with Crippen molar-refractivity contribution < 1.29 is 9.53 Å². The predicted molar refractivity (Wildman–Crippen MR) is 86.3 cm³/mol. The van der Waals surface area contributed by atoms with Gasteiger partial charge in [0.15, 0.2) is 5.78 Å². The third-order valence-electron chi connectivity index (χ3n) is 4.53. The zero-order valence-electron chi connectivity index (χ0n) is 13.4. The van der Waals surface area contributed by atoms with Crippen LogP contribution in [0.4, 0.5) is 0 Å². The van der Waals surface area contributed by atoms with Crippen LogP contribution in [0.5, 0.6) is 5.75 Å². The summed E-state index contributed by atoms with van der Waals surface area (Å²) in [5, 5.41) is 0. The van der Waals surface area contributed by atoms with Crippen LogP contribution in [0.3, 0.4) is 0 Å². The number of rotatable bonds is 4. The molecule has 1 atom stereocenters. The van der Waals surface area contributed by atoms with Gasteiger partial charge in [-0.3, -0.25) is 9.69 Å². The summed E-state index contributed by atoms with van der Waals surface area (Å²) in [6.45, 7) is 6.61. The summed E-state index contributed by atoms with van der Waals surface area (Å²) in [6, 6.07) is 10.3. The fourth-order valence-corrected chi connectivity index (χ4v) is 3.18. The normalized spacial score (nSPS) is 18.0. The number of hydrogen-bond donors (Lipinski definition) is 0. The molecule has 0 N–H and O–H groups in total. The van der Waals surface area contributed by atoms with Crippen molar-refractivity contribution in [3.05, 3.63) is 53.3 Å². The zero-order chi connectivity index (χ0) is 15.7. The maximum Gasteiger partial charge on any atom is 0.159 e. The number of ketones is 1. The molecule has 0 spiro atoms. The molecule has 1 aliphatic rings. The second-order valence-electron chi connectivity index (χ2n) is 5.86. The van der Waals surface area contributed by atoms with Gasteiger partial charge in [0.2, 0.25) is 0 Å². The Kier molecular flexibility index (Phi) is 4.03. The summed E-state index contributed by atoms with van der Waals surface area (Å²) < 4.78 is 7.78. The molecule has 0 bridgehead atoms. The van der Waals surface area contributed by atoms with Crippen LogP contribution in [0, 0.1) is 0 Å². The van der Waals surface area contributed by atoms with E-state index in [1.165, 1.54) is 5.69 Å². The van der Waals surface area contributed by atoms with Crippen LogP contribution in [0.15, 0.2) is 36.5 Å². The SMILES string of the molecule is COc1ccc(C(C)=O)cc1CN1CCn2cccc2[C@@H]1C. The molecule has 1 aliphatic heterocycles. The van der Waals surface area contributed by atoms with Gasteiger partial charge in [-0.05, 0) is 44.2 Å². The first-order valence-electron chi connectivity index (χ1n) is 7.67. The summed E-state index contributed by atoms with van der Waals surface area (Å²) in [5.74, 6) is 0.933. The van der Waals surface area contributed by atoms with Gasteiger partial charge in [-0.15, -0.1) is 0 Å². The van der Waals surface area contributed by atoms with Crippen molar-refractivity contribution in [3.63, 3.8) is 0 Å². The summed E-state index contributed by atoms with van der Waals surface area (Å²) in [7, 11) is 1.68. The molecule has 0 amide bonds. The van der Waals surface area contributed by atoms with Gasteiger partial charge in [0.1, 0.15) is 5.75 Å². The number of hydrogen-bond acceptors (Lipinski definition) is 3. The lowest BCUT2D eigenvalue weighted by Crippen LogP contribution is -2.36. The van der Waals surface area contributed by atoms with E-state index in [1.54, 1.807) is 14.0 Å². The molecule has 1 aromatic heterocycles. The van der Waals surface area contributed by atoms with Crippen molar-refractivity contribution >= 4 is 5.78 Å². The second-order valence-corrected chi connectivity index (χ2v) is 5.86. The first-order chi connectivity index (χ1) is 10.6. The summed E-state index contributed by atoms with van der Waals surface area (Å²) in [6.07, 6.45) is 2.14. The fourth-order valence-electron chi connectivity index (χ4n) is 3.18. The predicted octanol–water partition coefficient (Wildman–Crippen LogP) is 3.28. The van der Waals surface area contributed by atoms with Gasteiger partial charge in [-0.2, -0.15) is 0 Å². The van der Waals surface area contributed by atoms with Crippen LogP contribution in [0.25, 0.3) is 0 Å². The number of carbonyl (C=O) groups is 1. The van der Waals surface area contributed by atoms with Crippen molar-refractivity contribution in [1.29, 1.82) is 0 Å². The number of ether oxygens (including phenoxy) is 1. The second kappa shape index (κ2) is 5.97. The number of methoxy groups -OCH3 is 1. The highest BCUT2D eigenvalue weighted by atomic mass is 16.5. The fraction of sp³-hybridized carbons (Fsp3) is 0.389. The molecule has 116 valence electrons. The molecule has 1 aromatic carbocycles. The van der Waals surface area contributed by atoms with Gasteiger partial charge in [-0.25, -0.2) is 0 Å². The number of nitrogens with zero attached hydrogens (tertiary/aromatic N) is 2. The average Bonchev–Trinajstić information content (AvgIpc) is 2.99. The van der Waals surface area contributed by atoms with E-state index in [4.69, 9.17) is 4.74 Å². The molecule has 0 saturated heterocycles. The van der Waals surface area contributed by atoms with Gasteiger partial charge in [0.25, 0.3) is 0 Å². The molecular weight excluding hydrogens is 276 g/mol. The van der Waals surface area contributed by atoms with Gasteiger partial charge in [-0.1, -0.05) is 0 Å². The Labute approximate surface area is 131 Å². The Morgan fingerprint density at radius 1 is 1.32 bits per heavy atom. The molecule has 4 heteroatoms. The maximum atomic E-state index is 11.6. The number of benzene rings is 1. The minimum Gasteiger partial charge on any atom is -0.496 e. The zero-order valence-corrected chi connectivity index (χ0v) is 13.4. The van der Waals surface area contributed by atoms with E-state index in [9.17, 15) is 4.79 Å². The van der Waals surface area contributed by atoms with E-state index >= 15 is 0 Å². The summed E-state index contributed by atoms with van der Waals surface area (Å²) in [5.41, 5.74) is 3.15. The Bertz CT molecular complexity index is 690. The van der Waals surface area contributed by atoms with E-state index in [0.717, 1.165) is 36.5 Å². The van der Waals surface area contributed by atoms with E-state index in [2.05, 4.69) is 34.7 Å². The lowest BCUT2D eigenvalue weighted by Gasteiger charge is -2.35. The Morgan fingerprint density at radius 3 is 2.86 bits per heavy atom. The minimum absolute atomic E-state index is 0.0875. The smallest absolute Gasteiger partial charge is 0.159 e. The topological polar surface area (TPSA) is 34.5 Å². The lowest BCUT2D eigenvalue weighted by atomic mass is 10.0. The van der Waals surface area contributed by atoms with Gasteiger partial charge < -0.3 is 9.30 Å². The van der Waals surface area contributed by atoms with Crippen LogP contribution in [0.1, 0.15) is 41.5 Å². The monoisotopic (exact) mass is 298 g/mol. The maximum absolute atomic E-state index is 11.6. The standard InChI is InChI=1S/C18H22N2O2/c1-13-17-5-4-8-19(17)9-10-20(13)12-16-11-15(14(2)21)6-7-18(16)22-3/h4-8,11,13H,9-10,12H2,1-3H3/t13-/m0/s1. The highest BCUT2D eigenvalue weighted by Crippen LogP contribution is 2.29. The molecule has 0 saturated carbocycles. The average molecular weight is 298 g/mol. The van der Waals surface area contributed by atoms with Crippen LogP contribution in [-0.4, -0.2) is 28.9 Å². The van der Waals surface area contributed by atoms with Crippen molar-refractivity contribution in [2.24, 2.45) is 0 Å². The van der Waals surface area contributed by atoms with E-state index in [-0.39, 0.29) is 5.78 Å². The third-order valence-corrected chi connectivity index (χ3v) is 4.53. The van der Waals surface area contributed by atoms with Crippen LogP contribution < -0.4 is 4.74 Å². The van der Waals surface area contributed by atoms with Gasteiger partial charge in [0.05, 0.1) is 7.11 Å². The molecule has 22 heavy (non-hydrogen) atoms. The first kappa shape index (κ1) is 14.9. The molecule has 0 fully saturated rings. The number of aromatic nitrogens is 1. The molecule has 0 unspecified atom stereocenters. The molecular formula is C18H22N2O2. The van der Waals surface area contributed by atoms with E-state index in [0.29, 0.717) is 6.04 Å². The highest BCUT2D eigenvalue weighted by molar-refractivity contribution is 5.94. The molecule has 4 nitrogen and oxygen atoms in total. The minimum atomic E-state index is 0.0875. The number of carbonyl (C=O) groups excluding carboxylic acids is 1. The van der Waals surface area contributed by atoms with Crippen LogP contribution >= 0.6 is 0 Å².